The van der Waals surface area contributed by atoms with Gasteiger partial charge in [0.05, 0.1) is 6.04 Å². The summed E-state index contributed by atoms with van der Waals surface area (Å²) in [5.74, 6) is 0.473. The zero-order chi connectivity index (χ0) is 28.2. The summed E-state index contributed by atoms with van der Waals surface area (Å²) in [6.45, 7) is 2.75. The second-order valence-electron chi connectivity index (χ2n) is 11.3. The van der Waals surface area contributed by atoms with E-state index in [0.717, 1.165) is 55.4 Å². The van der Waals surface area contributed by atoms with Crippen LogP contribution in [0.5, 0.6) is 5.75 Å². The normalized spacial score (nSPS) is 26.7. The molecule has 2 aliphatic heterocycles. The van der Waals surface area contributed by atoms with Crippen LogP contribution in [0.3, 0.4) is 0 Å². The van der Waals surface area contributed by atoms with Gasteiger partial charge in [-0.1, -0.05) is 41.9 Å². The van der Waals surface area contributed by atoms with Crippen LogP contribution in [-0.4, -0.2) is 67.0 Å². The lowest BCUT2D eigenvalue weighted by Crippen LogP contribution is -2.57. The van der Waals surface area contributed by atoms with E-state index in [0.29, 0.717) is 24.5 Å². The third-order valence-corrected chi connectivity index (χ3v) is 8.59. The van der Waals surface area contributed by atoms with Crippen molar-refractivity contribution >= 4 is 29.3 Å². The SMILES string of the molecule is C[C@@H]1C(=O)N[C@@H](Cc2ccc(Cl)cc2)C(=O)NCCCc2cccc3c2OC(CC3)CN[C@H](C2CC2)C(=O)N1C. The average Bonchev–Trinajstić information content (AvgIpc) is 3.80. The molecule has 2 heterocycles. The molecule has 3 amide bonds. The summed E-state index contributed by atoms with van der Waals surface area (Å²) < 4.78 is 6.47. The van der Waals surface area contributed by atoms with Crippen LogP contribution >= 0.6 is 11.6 Å². The number of carbonyl (C=O) groups excluding carboxylic acids is 3. The Hall–Kier alpha value is -3.10. The van der Waals surface area contributed by atoms with Crippen LogP contribution < -0.4 is 20.7 Å². The Labute approximate surface area is 241 Å². The highest BCUT2D eigenvalue weighted by Gasteiger charge is 2.40. The van der Waals surface area contributed by atoms with Crippen molar-refractivity contribution in [3.63, 3.8) is 0 Å². The zero-order valence-corrected chi connectivity index (χ0v) is 24.0. The number of ether oxygens (including phenoxy) is 1. The van der Waals surface area contributed by atoms with Crippen molar-refractivity contribution in [1.29, 1.82) is 0 Å². The van der Waals surface area contributed by atoms with Crippen molar-refractivity contribution < 1.29 is 19.1 Å². The van der Waals surface area contributed by atoms with Gasteiger partial charge in [0, 0.05) is 31.6 Å². The van der Waals surface area contributed by atoms with Gasteiger partial charge in [0.2, 0.25) is 17.7 Å². The summed E-state index contributed by atoms with van der Waals surface area (Å²) in [6.07, 6.45) is 5.58. The molecule has 3 aliphatic rings. The molecule has 3 N–H and O–H groups in total. The number of hydrogen-bond acceptors (Lipinski definition) is 5. The van der Waals surface area contributed by atoms with E-state index in [2.05, 4.69) is 34.1 Å². The molecule has 1 unspecified atom stereocenters. The van der Waals surface area contributed by atoms with Crippen LogP contribution in [0.1, 0.15) is 49.3 Å². The maximum Gasteiger partial charge on any atom is 0.243 e. The van der Waals surface area contributed by atoms with Gasteiger partial charge in [-0.3, -0.25) is 14.4 Å². The number of aryl methyl sites for hydroxylation is 2. The number of amides is 3. The zero-order valence-electron chi connectivity index (χ0n) is 23.3. The molecule has 2 aromatic rings. The molecule has 0 radical (unpaired) electrons. The quantitative estimate of drug-likeness (QED) is 0.530. The second kappa shape index (κ2) is 12.6. The molecule has 8 nitrogen and oxygen atoms in total. The van der Waals surface area contributed by atoms with Crippen LogP contribution in [-0.2, 0) is 33.6 Å². The van der Waals surface area contributed by atoms with E-state index in [1.165, 1.54) is 10.5 Å². The molecule has 1 saturated carbocycles. The molecule has 1 aliphatic carbocycles. The van der Waals surface area contributed by atoms with Gasteiger partial charge in [-0.25, -0.2) is 0 Å². The standard InChI is InChI=1S/C31H39ClN4O4/c1-19-29(37)35-26(17-20-8-13-24(32)14-9-20)30(38)33-16-4-7-22-5-3-6-23-12-15-25(40-28(22)23)18-34-27(21-10-11-21)31(39)36(19)2/h3,5-6,8-9,13-14,19,21,25-27,34H,4,7,10-12,15-18H2,1-2H3,(H,33,38)(H,35,37)/t19-,25?,26+,27-/m1/s1. The average molecular weight is 567 g/mol. The minimum atomic E-state index is -0.788. The van der Waals surface area contributed by atoms with E-state index in [4.69, 9.17) is 16.3 Å². The molecule has 2 aromatic carbocycles. The molecule has 1 fully saturated rings. The molecule has 0 saturated heterocycles. The van der Waals surface area contributed by atoms with Gasteiger partial charge in [0.15, 0.2) is 0 Å². The summed E-state index contributed by atoms with van der Waals surface area (Å²) in [5, 5.41) is 10.0. The highest BCUT2D eigenvalue weighted by molar-refractivity contribution is 6.30. The van der Waals surface area contributed by atoms with E-state index in [1.807, 2.05) is 12.1 Å². The summed E-state index contributed by atoms with van der Waals surface area (Å²) in [4.78, 5) is 41.8. The van der Waals surface area contributed by atoms with Crippen LogP contribution in [0.2, 0.25) is 5.02 Å². The number of likely N-dealkylation sites (N-methyl/N-ethyl adjacent to an activating group) is 1. The van der Waals surface area contributed by atoms with E-state index in [-0.39, 0.29) is 35.8 Å². The maximum atomic E-state index is 13.6. The van der Waals surface area contributed by atoms with Gasteiger partial charge in [-0.2, -0.15) is 0 Å². The smallest absolute Gasteiger partial charge is 0.243 e. The Morgan fingerprint density at radius 3 is 2.42 bits per heavy atom. The molecule has 5 rings (SSSR count). The van der Waals surface area contributed by atoms with Crippen LogP contribution in [0.25, 0.3) is 0 Å². The Balaban J connectivity index is 1.39. The number of halogens is 1. The van der Waals surface area contributed by atoms with E-state index < -0.39 is 12.1 Å². The number of nitrogens with zero attached hydrogens (tertiary/aromatic N) is 1. The third kappa shape index (κ3) is 6.78. The van der Waals surface area contributed by atoms with Gasteiger partial charge in [0.25, 0.3) is 0 Å². The molecule has 2 bridgehead atoms. The number of carbonyl (C=O) groups is 3. The Bertz CT molecular complexity index is 1230. The topological polar surface area (TPSA) is 99.8 Å². The van der Waals surface area contributed by atoms with Gasteiger partial charge < -0.3 is 25.6 Å². The van der Waals surface area contributed by atoms with Crippen molar-refractivity contribution in [3.05, 3.63) is 64.2 Å². The molecule has 40 heavy (non-hydrogen) atoms. The van der Waals surface area contributed by atoms with Gasteiger partial charge in [0.1, 0.15) is 23.9 Å². The molecular formula is C31H39ClN4O4. The number of benzene rings is 2. The third-order valence-electron chi connectivity index (χ3n) is 8.34. The minimum Gasteiger partial charge on any atom is -0.489 e. The fourth-order valence-corrected chi connectivity index (χ4v) is 5.70. The van der Waals surface area contributed by atoms with Gasteiger partial charge in [-0.15, -0.1) is 0 Å². The molecular weight excluding hydrogens is 528 g/mol. The minimum absolute atomic E-state index is 0.0269. The van der Waals surface area contributed by atoms with Crippen molar-refractivity contribution in [2.75, 3.05) is 20.1 Å². The largest absolute Gasteiger partial charge is 0.489 e. The summed E-state index contributed by atoms with van der Waals surface area (Å²) in [7, 11) is 1.66. The molecule has 0 aromatic heterocycles. The summed E-state index contributed by atoms with van der Waals surface area (Å²) >= 11 is 6.05. The van der Waals surface area contributed by atoms with E-state index >= 15 is 0 Å². The summed E-state index contributed by atoms with van der Waals surface area (Å²) in [6, 6.07) is 11.6. The highest BCUT2D eigenvalue weighted by Crippen LogP contribution is 2.35. The lowest BCUT2D eigenvalue weighted by atomic mass is 9.96. The number of nitrogens with one attached hydrogen (secondary N) is 3. The molecule has 4 atom stereocenters. The van der Waals surface area contributed by atoms with E-state index in [9.17, 15) is 14.4 Å². The lowest BCUT2D eigenvalue weighted by Gasteiger charge is -2.32. The first-order valence-corrected chi connectivity index (χ1v) is 14.8. The first-order chi connectivity index (χ1) is 19.3. The van der Waals surface area contributed by atoms with Gasteiger partial charge in [-0.05, 0) is 80.2 Å². The first-order valence-electron chi connectivity index (χ1n) is 14.4. The van der Waals surface area contributed by atoms with Crippen LogP contribution in [0.15, 0.2) is 42.5 Å². The number of rotatable bonds is 3. The van der Waals surface area contributed by atoms with Crippen LogP contribution in [0.4, 0.5) is 0 Å². The monoisotopic (exact) mass is 566 g/mol. The fraction of sp³-hybridized carbons (Fsp3) is 0.516. The van der Waals surface area contributed by atoms with Crippen molar-refractivity contribution in [2.45, 2.75) is 76.1 Å². The van der Waals surface area contributed by atoms with E-state index in [1.54, 1.807) is 26.1 Å². The first kappa shape index (κ1) is 28.4. The number of hydrogen-bond donors (Lipinski definition) is 3. The Morgan fingerprint density at radius 2 is 1.70 bits per heavy atom. The Kier molecular flexibility index (Phi) is 8.96. The maximum absolute atomic E-state index is 13.6. The van der Waals surface area contributed by atoms with Crippen molar-refractivity contribution in [2.24, 2.45) is 5.92 Å². The molecule has 0 spiro atoms. The summed E-state index contributed by atoms with van der Waals surface area (Å²) in [5.41, 5.74) is 3.22. The molecule has 214 valence electrons. The van der Waals surface area contributed by atoms with Crippen LogP contribution in [0, 0.1) is 5.92 Å². The molecule has 9 heteroatoms. The number of para-hydroxylation sites is 1. The predicted octanol–water partition coefficient (Wildman–Crippen LogP) is 3.04. The highest BCUT2D eigenvalue weighted by atomic mass is 35.5. The lowest BCUT2D eigenvalue weighted by molar-refractivity contribution is -0.141. The van der Waals surface area contributed by atoms with Crippen molar-refractivity contribution in [3.8, 4) is 5.75 Å². The fourth-order valence-electron chi connectivity index (χ4n) is 5.57. The van der Waals surface area contributed by atoms with Crippen molar-refractivity contribution in [1.82, 2.24) is 20.9 Å². The predicted molar refractivity (Wildman–Crippen MR) is 154 cm³/mol. The second-order valence-corrected chi connectivity index (χ2v) is 11.8. The number of fused-ring (bicyclic) bond motifs is 1. The Morgan fingerprint density at radius 1 is 0.975 bits per heavy atom. The van der Waals surface area contributed by atoms with Gasteiger partial charge >= 0.3 is 0 Å².